The molecule has 0 saturated heterocycles. The predicted molar refractivity (Wildman–Crippen MR) is 87.3 cm³/mol. The van der Waals surface area contributed by atoms with Crippen LogP contribution in [-0.4, -0.2) is 27.0 Å². The fraction of sp³-hybridized carbons (Fsp3) is 0.125. The van der Waals surface area contributed by atoms with E-state index in [1.807, 2.05) is 42.6 Å². The Kier molecular flexibility index (Phi) is 4.11. The third-order valence-corrected chi connectivity index (χ3v) is 3.51. The van der Waals surface area contributed by atoms with Gasteiger partial charge in [0, 0.05) is 12.6 Å². The number of hydroxylamine groups is 1. The Morgan fingerprint density at radius 3 is 2.74 bits per heavy atom. The first kappa shape index (κ1) is 14.9. The van der Waals surface area contributed by atoms with Crippen LogP contribution in [0.2, 0.25) is 0 Å². The number of aromatic nitrogens is 2. The SMILES string of the molecule is Nc1cccn2c(NCC(=O)NO)c(Cc3ccccc3)nc12. The van der Waals surface area contributed by atoms with Gasteiger partial charge in [0.05, 0.1) is 17.9 Å². The third kappa shape index (κ3) is 3.09. The van der Waals surface area contributed by atoms with Crippen LogP contribution in [0, 0.1) is 0 Å². The van der Waals surface area contributed by atoms with Gasteiger partial charge in [0.2, 0.25) is 0 Å². The van der Waals surface area contributed by atoms with E-state index < -0.39 is 5.91 Å². The van der Waals surface area contributed by atoms with E-state index >= 15 is 0 Å². The highest BCUT2D eigenvalue weighted by molar-refractivity contribution is 5.80. The van der Waals surface area contributed by atoms with Gasteiger partial charge in [-0.2, -0.15) is 0 Å². The fourth-order valence-corrected chi connectivity index (χ4v) is 2.44. The maximum Gasteiger partial charge on any atom is 0.262 e. The van der Waals surface area contributed by atoms with Crippen molar-refractivity contribution in [2.45, 2.75) is 6.42 Å². The fourth-order valence-electron chi connectivity index (χ4n) is 2.44. The number of rotatable bonds is 5. The maximum atomic E-state index is 11.3. The molecule has 0 unspecified atom stereocenters. The number of anilines is 2. The van der Waals surface area contributed by atoms with Gasteiger partial charge in [-0.3, -0.25) is 14.4 Å². The van der Waals surface area contributed by atoms with Crippen LogP contribution in [0.3, 0.4) is 0 Å². The molecule has 0 aliphatic carbocycles. The number of carbonyl (C=O) groups excluding carboxylic acids is 1. The van der Waals surface area contributed by atoms with Crippen molar-refractivity contribution in [3.05, 3.63) is 59.9 Å². The summed E-state index contributed by atoms with van der Waals surface area (Å²) < 4.78 is 1.80. The van der Waals surface area contributed by atoms with Crippen molar-refractivity contribution in [3.8, 4) is 0 Å². The summed E-state index contributed by atoms with van der Waals surface area (Å²) in [6.45, 7) is -0.0686. The molecule has 0 atom stereocenters. The Balaban J connectivity index is 2.00. The van der Waals surface area contributed by atoms with Gasteiger partial charge in [0.1, 0.15) is 5.82 Å². The topological polar surface area (TPSA) is 105 Å². The van der Waals surface area contributed by atoms with Crippen molar-refractivity contribution in [1.82, 2.24) is 14.9 Å². The van der Waals surface area contributed by atoms with Crippen molar-refractivity contribution in [1.29, 1.82) is 0 Å². The molecule has 3 aromatic rings. The van der Waals surface area contributed by atoms with Gasteiger partial charge >= 0.3 is 0 Å². The summed E-state index contributed by atoms with van der Waals surface area (Å²) in [5, 5.41) is 11.7. The number of hydrogen-bond donors (Lipinski definition) is 4. The van der Waals surface area contributed by atoms with Crippen LogP contribution in [0.4, 0.5) is 11.5 Å². The summed E-state index contributed by atoms with van der Waals surface area (Å²) in [5.41, 5.74) is 10.6. The zero-order valence-corrected chi connectivity index (χ0v) is 12.4. The number of nitrogens with two attached hydrogens (primary N) is 1. The Morgan fingerprint density at radius 1 is 1.22 bits per heavy atom. The number of carbonyl (C=O) groups is 1. The maximum absolute atomic E-state index is 11.3. The van der Waals surface area contributed by atoms with Crippen LogP contribution in [0.1, 0.15) is 11.3 Å². The number of hydrogen-bond acceptors (Lipinski definition) is 5. The molecule has 1 amide bonds. The summed E-state index contributed by atoms with van der Waals surface area (Å²) in [6, 6.07) is 13.5. The van der Waals surface area contributed by atoms with Gasteiger partial charge in [0.15, 0.2) is 5.65 Å². The molecular formula is C16H17N5O2. The predicted octanol–water partition coefficient (Wildman–Crippen LogP) is 1.42. The molecule has 0 bridgehead atoms. The second kappa shape index (κ2) is 6.37. The number of nitrogens with zero attached hydrogens (tertiary/aromatic N) is 2. The first-order chi connectivity index (χ1) is 11.2. The number of nitrogen functional groups attached to an aromatic ring is 1. The number of nitrogens with one attached hydrogen (secondary N) is 2. The summed E-state index contributed by atoms with van der Waals surface area (Å²) in [4.78, 5) is 15.9. The van der Waals surface area contributed by atoms with Gasteiger partial charge in [-0.25, -0.2) is 10.5 Å². The minimum absolute atomic E-state index is 0.0686. The van der Waals surface area contributed by atoms with Crippen LogP contribution in [0.15, 0.2) is 48.7 Å². The lowest BCUT2D eigenvalue weighted by Gasteiger charge is -2.08. The van der Waals surface area contributed by atoms with Crippen molar-refractivity contribution >= 4 is 23.1 Å². The standard InChI is InChI=1S/C16H17N5O2/c17-12-7-4-8-21-15(12)19-13(9-11-5-2-1-3-6-11)16(21)18-10-14(22)20-23/h1-8,18,23H,9-10,17H2,(H,20,22). The largest absolute Gasteiger partial charge is 0.396 e. The number of amides is 1. The molecule has 1 aromatic carbocycles. The zero-order valence-electron chi connectivity index (χ0n) is 12.4. The summed E-state index contributed by atoms with van der Waals surface area (Å²) in [5.74, 6) is 0.147. The normalized spacial score (nSPS) is 10.7. The molecule has 118 valence electrons. The number of pyridine rings is 1. The number of fused-ring (bicyclic) bond motifs is 1. The molecular weight excluding hydrogens is 294 g/mol. The third-order valence-electron chi connectivity index (χ3n) is 3.51. The smallest absolute Gasteiger partial charge is 0.262 e. The molecule has 0 aliphatic heterocycles. The minimum atomic E-state index is -0.533. The molecule has 0 fully saturated rings. The van der Waals surface area contributed by atoms with Crippen LogP contribution in [0.5, 0.6) is 0 Å². The van der Waals surface area contributed by atoms with Gasteiger partial charge in [-0.05, 0) is 17.7 Å². The average molecular weight is 311 g/mol. The second-order valence-corrected chi connectivity index (χ2v) is 5.12. The van der Waals surface area contributed by atoms with E-state index in [0.29, 0.717) is 23.6 Å². The molecule has 3 rings (SSSR count). The van der Waals surface area contributed by atoms with Gasteiger partial charge in [0.25, 0.3) is 5.91 Å². The lowest BCUT2D eigenvalue weighted by molar-refractivity contribution is -0.127. The quantitative estimate of drug-likeness (QED) is 0.421. The molecule has 2 aromatic heterocycles. The van der Waals surface area contributed by atoms with E-state index in [0.717, 1.165) is 11.3 Å². The van der Waals surface area contributed by atoms with Gasteiger partial charge in [-0.15, -0.1) is 0 Å². The molecule has 7 heteroatoms. The molecule has 2 heterocycles. The average Bonchev–Trinajstić information content (AvgIpc) is 2.92. The molecule has 0 saturated carbocycles. The summed E-state index contributed by atoms with van der Waals surface area (Å²) >= 11 is 0. The van der Waals surface area contributed by atoms with E-state index in [2.05, 4.69) is 10.3 Å². The van der Waals surface area contributed by atoms with Crippen LogP contribution in [0.25, 0.3) is 5.65 Å². The van der Waals surface area contributed by atoms with E-state index in [-0.39, 0.29) is 6.54 Å². The first-order valence-electron chi connectivity index (χ1n) is 7.15. The highest BCUT2D eigenvalue weighted by Crippen LogP contribution is 2.24. The van der Waals surface area contributed by atoms with E-state index in [4.69, 9.17) is 10.9 Å². The summed E-state index contributed by atoms with van der Waals surface area (Å²) in [6.07, 6.45) is 2.43. The van der Waals surface area contributed by atoms with Crippen LogP contribution in [-0.2, 0) is 11.2 Å². The minimum Gasteiger partial charge on any atom is -0.396 e. The Hall–Kier alpha value is -3.06. The molecule has 5 N–H and O–H groups in total. The highest BCUT2D eigenvalue weighted by Gasteiger charge is 2.15. The van der Waals surface area contributed by atoms with Crippen LogP contribution >= 0.6 is 0 Å². The Morgan fingerprint density at radius 2 is 2.00 bits per heavy atom. The van der Waals surface area contributed by atoms with Crippen molar-refractivity contribution in [2.24, 2.45) is 0 Å². The zero-order chi connectivity index (χ0) is 16.2. The molecule has 0 radical (unpaired) electrons. The molecule has 0 spiro atoms. The Labute approximate surface area is 132 Å². The van der Waals surface area contributed by atoms with Crippen LogP contribution < -0.4 is 16.5 Å². The molecule has 7 nitrogen and oxygen atoms in total. The lowest BCUT2D eigenvalue weighted by Crippen LogP contribution is -2.27. The van der Waals surface area contributed by atoms with Gasteiger partial charge < -0.3 is 11.1 Å². The second-order valence-electron chi connectivity index (χ2n) is 5.12. The van der Waals surface area contributed by atoms with E-state index in [1.54, 1.807) is 15.9 Å². The lowest BCUT2D eigenvalue weighted by atomic mass is 10.1. The van der Waals surface area contributed by atoms with E-state index in [9.17, 15) is 4.79 Å². The Bertz CT molecular complexity index is 829. The monoisotopic (exact) mass is 311 g/mol. The molecule has 0 aliphatic rings. The first-order valence-corrected chi connectivity index (χ1v) is 7.15. The van der Waals surface area contributed by atoms with Crippen molar-refractivity contribution in [2.75, 3.05) is 17.6 Å². The molecule has 23 heavy (non-hydrogen) atoms. The van der Waals surface area contributed by atoms with E-state index in [1.165, 1.54) is 0 Å². The number of imidazole rings is 1. The highest BCUT2D eigenvalue weighted by atomic mass is 16.5. The number of benzene rings is 1. The van der Waals surface area contributed by atoms with Crippen molar-refractivity contribution in [3.63, 3.8) is 0 Å². The van der Waals surface area contributed by atoms with Gasteiger partial charge in [-0.1, -0.05) is 30.3 Å². The summed E-state index contributed by atoms with van der Waals surface area (Å²) in [7, 11) is 0. The van der Waals surface area contributed by atoms with Crippen molar-refractivity contribution < 1.29 is 10.0 Å².